The molecule has 0 amide bonds. The molecule has 0 radical (unpaired) electrons. The van der Waals surface area contributed by atoms with Gasteiger partial charge in [0.25, 0.3) is 0 Å². The minimum atomic E-state index is -0.352. The Balaban J connectivity index is 3.95. The number of hydrogen-bond acceptors (Lipinski definition) is 3. The number of methoxy groups -OCH3 is 1. The largest absolute Gasteiger partial charge is 0.469 e. The van der Waals surface area contributed by atoms with Crippen LogP contribution in [0.15, 0.2) is 12.7 Å². The monoisotopic (exact) mass is 156 g/mol. The molecule has 1 unspecified atom stereocenters. The van der Waals surface area contributed by atoms with Crippen molar-refractivity contribution in [1.29, 1.82) is 0 Å². The van der Waals surface area contributed by atoms with Crippen molar-refractivity contribution in [2.75, 3.05) is 7.11 Å². The van der Waals surface area contributed by atoms with Crippen LogP contribution in [-0.2, 0) is 14.3 Å². The number of rotatable bonds is 5. The third-order valence-electron chi connectivity index (χ3n) is 1.37. The van der Waals surface area contributed by atoms with Crippen LogP contribution in [-0.4, -0.2) is 19.4 Å². The summed E-state index contributed by atoms with van der Waals surface area (Å²) >= 11 is 0. The fourth-order valence-electron chi connectivity index (χ4n) is 0.773. The van der Waals surface area contributed by atoms with E-state index >= 15 is 0 Å². The van der Waals surface area contributed by atoms with E-state index in [1.165, 1.54) is 7.11 Å². The molecule has 0 N–H and O–H groups in total. The highest BCUT2D eigenvalue weighted by Crippen LogP contribution is 2.08. The fraction of sp³-hybridized carbons (Fsp3) is 0.500. The number of carbonyl (C=O) groups is 2. The molecule has 0 aromatic heterocycles. The maximum absolute atomic E-state index is 10.9. The zero-order chi connectivity index (χ0) is 8.69. The predicted molar refractivity (Wildman–Crippen MR) is 41.0 cm³/mol. The van der Waals surface area contributed by atoms with E-state index in [9.17, 15) is 9.59 Å². The van der Waals surface area contributed by atoms with Gasteiger partial charge in [0.15, 0.2) is 0 Å². The summed E-state index contributed by atoms with van der Waals surface area (Å²) in [6, 6.07) is 0. The van der Waals surface area contributed by atoms with Crippen LogP contribution in [0.25, 0.3) is 0 Å². The lowest BCUT2D eigenvalue weighted by molar-refractivity contribution is -0.146. The molecule has 11 heavy (non-hydrogen) atoms. The molecular weight excluding hydrogens is 144 g/mol. The molecule has 1 atom stereocenters. The van der Waals surface area contributed by atoms with Crippen molar-refractivity contribution >= 4 is 12.3 Å². The maximum atomic E-state index is 10.9. The van der Waals surface area contributed by atoms with Gasteiger partial charge in [-0.3, -0.25) is 4.79 Å². The van der Waals surface area contributed by atoms with Gasteiger partial charge in [-0.1, -0.05) is 6.08 Å². The predicted octanol–water partition coefficient (Wildman–Crippen LogP) is 0.941. The third kappa shape index (κ3) is 3.55. The van der Waals surface area contributed by atoms with Gasteiger partial charge in [0.1, 0.15) is 6.29 Å². The highest BCUT2D eigenvalue weighted by molar-refractivity contribution is 5.75. The molecule has 0 rings (SSSR count). The van der Waals surface area contributed by atoms with Gasteiger partial charge in [-0.25, -0.2) is 0 Å². The van der Waals surface area contributed by atoms with Crippen LogP contribution in [0.1, 0.15) is 12.8 Å². The first-order valence-electron chi connectivity index (χ1n) is 3.38. The van der Waals surface area contributed by atoms with Gasteiger partial charge in [0, 0.05) is 6.42 Å². The first-order valence-corrected chi connectivity index (χ1v) is 3.38. The summed E-state index contributed by atoms with van der Waals surface area (Å²) in [6.07, 6.45) is 3.01. The second-order valence-corrected chi connectivity index (χ2v) is 2.15. The average Bonchev–Trinajstić information content (AvgIpc) is 2.03. The van der Waals surface area contributed by atoms with E-state index in [2.05, 4.69) is 11.3 Å². The molecule has 3 heteroatoms. The first-order chi connectivity index (χ1) is 5.26. The Hall–Kier alpha value is -1.12. The second kappa shape index (κ2) is 5.65. The summed E-state index contributed by atoms with van der Waals surface area (Å²) in [7, 11) is 1.31. The van der Waals surface area contributed by atoms with E-state index in [0.717, 1.165) is 0 Å². The summed E-state index contributed by atoms with van der Waals surface area (Å²) in [5.41, 5.74) is 0. The third-order valence-corrected chi connectivity index (χ3v) is 1.37. The van der Waals surface area contributed by atoms with Gasteiger partial charge >= 0.3 is 5.97 Å². The van der Waals surface area contributed by atoms with E-state index in [4.69, 9.17) is 0 Å². The highest BCUT2D eigenvalue weighted by atomic mass is 16.5. The van der Waals surface area contributed by atoms with Crippen LogP contribution in [0.2, 0.25) is 0 Å². The Bertz CT molecular complexity index is 141. The van der Waals surface area contributed by atoms with Gasteiger partial charge in [-0.05, 0) is 6.42 Å². The molecular formula is C8H12O3. The summed E-state index contributed by atoms with van der Waals surface area (Å²) in [5.74, 6) is -0.702. The molecule has 0 aliphatic carbocycles. The molecule has 62 valence electrons. The molecule has 3 nitrogen and oxygen atoms in total. The fourth-order valence-corrected chi connectivity index (χ4v) is 0.773. The summed E-state index contributed by atoms with van der Waals surface area (Å²) in [5, 5.41) is 0. The number of esters is 1. The maximum Gasteiger partial charge on any atom is 0.309 e. The summed E-state index contributed by atoms with van der Waals surface area (Å²) < 4.78 is 4.47. The van der Waals surface area contributed by atoms with Crippen molar-refractivity contribution < 1.29 is 14.3 Å². The Morgan fingerprint density at radius 1 is 1.64 bits per heavy atom. The van der Waals surface area contributed by atoms with Crippen LogP contribution >= 0.6 is 0 Å². The molecule has 0 bridgehead atoms. The van der Waals surface area contributed by atoms with Crippen molar-refractivity contribution in [2.45, 2.75) is 12.8 Å². The Kier molecular flexibility index (Phi) is 5.07. The van der Waals surface area contributed by atoms with E-state index in [-0.39, 0.29) is 18.3 Å². The van der Waals surface area contributed by atoms with Gasteiger partial charge in [-0.2, -0.15) is 0 Å². The Labute approximate surface area is 66.0 Å². The molecule has 0 saturated heterocycles. The molecule has 0 fully saturated rings. The van der Waals surface area contributed by atoms with E-state index < -0.39 is 0 Å². The zero-order valence-corrected chi connectivity index (χ0v) is 6.58. The quantitative estimate of drug-likeness (QED) is 0.338. The molecule has 0 spiro atoms. The van der Waals surface area contributed by atoms with Gasteiger partial charge < -0.3 is 9.53 Å². The van der Waals surface area contributed by atoms with Crippen molar-refractivity contribution in [3.8, 4) is 0 Å². The number of allylic oxidation sites excluding steroid dienone is 1. The van der Waals surface area contributed by atoms with Crippen LogP contribution in [0.4, 0.5) is 0 Å². The number of ether oxygens (including phenoxy) is 1. The summed E-state index contributed by atoms with van der Waals surface area (Å²) in [6.45, 7) is 3.48. The van der Waals surface area contributed by atoms with E-state index in [0.29, 0.717) is 12.7 Å². The highest BCUT2D eigenvalue weighted by Gasteiger charge is 2.16. The number of carbonyl (C=O) groups excluding carboxylic acids is 2. The molecule has 0 aromatic rings. The minimum absolute atomic E-state index is 0.207. The Morgan fingerprint density at radius 2 is 2.27 bits per heavy atom. The SMILES string of the molecule is C=CCC(CC=O)C(=O)OC. The lowest BCUT2D eigenvalue weighted by Gasteiger charge is -2.07. The van der Waals surface area contributed by atoms with E-state index in [1.807, 2.05) is 0 Å². The lowest BCUT2D eigenvalue weighted by atomic mass is 10.0. The zero-order valence-electron chi connectivity index (χ0n) is 6.58. The van der Waals surface area contributed by atoms with Crippen molar-refractivity contribution in [1.82, 2.24) is 0 Å². The number of hydrogen-bond donors (Lipinski definition) is 0. The van der Waals surface area contributed by atoms with Crippen LogP contribution < -0.4 is 0 Å². The first kappa shape index (κ1) is 9.88. The standard InChI is InChI=1S/C8H12O3/c1-3-4-7(5-6-9)8(10)11-2/h3,6-7H,1,4-5H2,2H3. The molecule has 0 heterocycles. The second-order valence-electron chi connectivity index (χ2n) is 2.15. The topological polar surface area (TPSA) is 43.4 Å². The van der Waals surface area contributed by atoms with Crippen molar-refractivity contribution in [3.63, 3.8) is 0 Å². The molecule has 0 aliphatic heterocycles. The van der Waals surface area contributed by atoms with Gasteiger partial charge in [0.2, 0.25) is 0 Å². The molecule has 0 saturated carbocycles. The van der Waals surface area contributed by atoms with Gasteiger partial charge in [0.05, 0.1) is 13.0 Å². The van der Waals surface area contributed by atoms with Crippen molar-refractivity contribution in [2.24, 2.45) is 5.92 Å². The smallest absolute Gasteiger partial charge is 0.309 e. The van der Waals surface area contributed by atoms with E-state index in [1.54, 1.807) is 6.08 Å². The number of aldehydes is 1. The molecule has 0 aliphatic rings. The lowest BCUT2D eigenvalue weighted by Crippen LogP contribution is -2.15. The molecule has 0 aromatic carbocycles. The normalized spacial score (nSPS) is 11.7. The van der Waals surface area contributed by atoms with Crippen LogP contribution in [0.3, 0.4) is 0 Å². The Morgan fingerprint density at radius 3 is 2.64 bits per heavy atom. The average molecular weight is 156 g/mol. The van der Waals surface area contributed by atoms with Crippen LogP contribution in [0, 0.1) is 5.92 Å². The van der Waals surface area contributed by atoms with Gasteiger partial charge in [-0.15, -0.1) is 6.58 Å². The van der Waals surface area contributed by atoms with Crippen molar-refractivity contribution in [3.05, 3.63) is 12.7 Å². The minimum Gasteiger partial charge on any atom is -0.469 e. The summed E-state index contributed by atoms with van der Waals surface area (Å²) in [4.78, 5) is 20.9. The van der Waals surface area contributed by atoms with Crippen LogP contribution in [0.5, 0.6) is 0 Å².